The average molecular weight is 511 g/mol. The number of Topliss-reactive ketones (excluding diaryl/α,β-unsaturated/α-hetero) is 1. The van der Waals surface area contributed by atoms with Crippen molar-refractivity contribution in [2.75, 3.05) is 16.8 Å². The van der Waals surface area contributed by atoms with E-state index in [1.165, 1.54) is 11.8 Å². The largest absolute Gasteiger partial charge is 0.507 e. The Balaban J connectivity index is 1.68. The van der Waals surface area contributed by atoms with Gasteiger partial charge in [0.2, 0.25) is 5.91 Å². The van der Waals surface area contributed by atoms with Crippen molar-refractivity contribution in [1.82, 2.24) is 0 Å². The number of aliphatic hydroxyl groups is 1. The number of nitrogens with one attached hydrogen (secondary N) is 1. The normalized spacial score (nSPS) is 18.3. The van der Waals surface area contributed by atoms with Gasteiger partial charge in [0.05, 0.1) is 18.2 Å². The molecule has 0 aromatic heterocycles. The minimum absolute atomic E-state index is 0.0160. The van der Waals surface area contributed by atoms with Gasteiger partial charge in [0.15, 0.2) is 0 Å². The van der Waals surface area contributed by atoms with Gasteiger partial charge in [-0.3, -0.25) is 19.3 Å². The first-order chi connectivity index (χ1) is 18.0. The van der Waals surface area contributed by atoms with Gasteiger partial charge in [-0.1, -0.05) is 51.1 Å². The number of carbonyl (C=O) groups is 3. The molecule has 2 aliphatic rings. The van der Waals surface area contributed by atoms with Crippen LogP contribution in [0, 0.1) is 0 Å². The number of nitrogens with zero attached hydrogens (tertiary/aromatic N) is 1. The summed E-state index contributed by atoms with van der Waals surface area (Å²) in [7, 11) is 0. The van der Waals surface area contributed by atoms with E-state index in [9.17, 15) is 19.5 Å². The van der Waals surface area contributed by atoms with E-state index in [4.69, 9.17) is 4.74 Å². The minimum Gasteiger partial charge on any atom is -0.507 e. The van der Waals surface area contributed by atoms with Crippen molar-refractivity contribution in [3.8, 4) is 5.75 Å². The van der Waals surface area contributed by atoms with Crippen LogP contribution in [0.25, 0.3) is 5.76 Å². The monoisotopic (exact) mass is 510 g/mol. The zero-order valence-corrected chi connectivity index (χ0v) is 21.9. The van der Waals surface area contributed by atoms with Crippen LogP contribution in [0.5, 0.6) is 5.75 Å². The average Bonchev–Trinajstić information content (AvgIpc) is 3.45. The fourth-order valence-corrected chi connectivity index (χ4v) is 5.01. The highest BCUT2D eigenvalue weighted by Crippen LogP contribution is 2.43. The van der Waals surface area contributed by atoms with Gasteiger partial charge < -0.3 is 15.2 Å². The minimum atomic E-state index is -0.860. The third-order valence-electron chi connectivity index (χ3n) is 6.94. The number of amides is 2. The SMILES string of the molecule is CC(=O)Nc1cccc(N2C(=O)C(=O)/C(=C(\O)c3ccc4c(c3)CCO4)C2c2ccc(C(C)(C)C)cc2)c1. The molecule has 0 saturated carbocycles. The second kappa shape index (κ2) is 9.49. The Morgan fingerprint density at radius 1 is 1.03 bits per heavy atom. The predicted molar refractivity (Wildman–Crippen MR) is 146 cm³/mol. The lowest BCUT2D eigenvalue weighted by Crippen LogP contribution is -2.29. The van der Waals surface area contributed by atoms with Gasteiger partial charge in [-0.25, -0.2) is 0 Å². The van der Waals surface area contributed by atoms with E-state index in [-0.39, 0.29) is 22.7 Å². The third-order valence-corrected chi connectivity index (χ3v) is 6.94. The lowest BCUT2D eigenvalue weighted by Gasteiger charge is -2.27. The Morgan fingerprint density at radius 3 is 2.45 bits per heavy atom. The van der Waals surface area contributed by atoms with Gasteiger partial charge in [0.25, 0.3) is 11.7 Å². The number of fused-ring (bicyclic) bond motifs is 1. The molecule has 1 unspecified atom stereocenters. The molecule has 2 heterocycles. The number of carbonyl (C=O) groups excluding carboxylic acids is 3. The Labute approximate surface area is 221 Å². The quantitative estimate of drug-likeness (QED) is 0.274. The number of aliphatic hydroxyl groups excluding tert-OH is 1. The van der Waals surface area contributed by atoms with Crippen molar-refractivity contribution in [2.45, 2.75) is 45.6 Å². The first-order valence-corrected chi connectivity index (χ1v) is 12.6. The van der Waals surface area contributed by atoms with Crippen LogP contribution in [0.2, 0.25) is 0 Å². The number of ether oxygens (including phenoxy) is 1. The van der Waals surface area contributed by atoms with E-state index in [0.717, 1.165) is 16.9 Å². The van der Waals surface area contributed by atoms with Crippen LogP contribution < -0.4 is 15.0 Å². The lowest BCUT2D eigenvalue weighted by molar-refractivity contribution is -0.132. The van der Waals surface area contributed by atoms with Crippen molar-refractivity contribution in [3.63, 3.8) is 0 Å². The van der Waals surface area contributed by atoms with Gasteiger partial charge in [-0.05, 0) is 58.5 Å². The fraction of sp³-hybridized carbons (Fsp3) is 0.258. The number of rotatable bonds is 4. The van der Waals surface area contributed by atoms with Gasteiger partial charge >= 0.3 is 0 Å². The maximum atomic E-state index is 13.5. The summed E-state index contributed by atoms with van der Waals surface area (Å²) in [6, 6.07) is 18.9. The lowest BCUT2D eigenvalue weighted by atomic mass is 9.85. The number of anilines is 2. The Morgan fingerprint density at radius 2 is 1.76 bits per heavy atom. The summed E-state index contributed by atoms with van der Waals surface area (Å²) in [6.45, 7) is 8.30. The molecule has 0 spiro atoms. The molecule has 1 fully saturated rings. The van der Waals surface area contributed by atoms with Crippen LogP contribution in [-0.2, 0) is 26.2 Å². The Hall–Kier alpha value is -4.39. The molecule has 5 rings (SSSR count). The molecular weight excluding hydrogens is 480 g/mol. The van der Waals surface area contributed by atoms with Crippen molar-refractivity contribution in [1.29, 1.82) is 0 Å². The summed E-state index contributed by atoms with van der Waals surface area (Å²) in [4.78, 5) is 40.0. The van der Waals surface area contributed by atoms with Crippen molar-refractivity contribution >= 4 is 34.7 Å². The van der Waals surface area contributed by atoms with E-state index in [0.29, 0.717) is 35.5 Å². The van der Waals surface area contributed by atoms with Gasteiger partial charge in [0.1, 0.15) is 11.5 Å². The van der Waals surface area contributed by atoms with Crippen LogP contribution in [0.1, 0.15) is 56.0 Å². The third kappa shape index (κ3) is 4.56. The van der Waals surface area contributed by atoms with Gasteiger partial charge in [-0.2, -0.15) is 0 Å². The van der Waals surface area contributed by atoms with Crippen LogP contribution in [0.3, 0.4) is 0 Å². The molecule has 0 radical (unpaired) electrons. The summed E-state index contributed by atoms with van der Waals surface area (Å²) in [5.74, 6) is -1.25. The highest BCUT2D eigenvalue weighted by molar-refractivity contribution is 6.51. The van der Waals surface area contributed by atoms with Gasteiger partial charge in [-0.15, -0.1) is 0 Å². The Bertz CT molecular complexity index is 1480. The molecule has 1 saturated heterocycles. The molecule has 0 aliphatic carbocycles. The van der Waals surface area contributed by atoms with Crippen molar-refractivity contribution in [2.24, 2.45) is 0 Å². The fourth-order valence-electron chi connectivity index (χ4n) is 5.01. The molecule has 7 nitrogen and oxygen atoms in total. The van der Waals surface area contributed by atoms with E-state index >= 15 is 0 Å². The highest BCUT2D eigenvalue weighted by atomic mass is 16.5. The smallest absolute Gasteiger partial charge is 0.300 e. The highest BCUT2D eigenvalue weighted by Gasteiger charge is 2.47. The van der Waals surface area contributed by atoms with Gasteiger partial charge in [0, 0.05) is 30.3 Å². The maximum Gasteiger partial charge on any atom is 0.300 e. The van der Waals surface area contributed by atoms with Crippen LogP contribution in [-0.4, -0.2) is 29.3 Å². The molecule has 194 valence electrons. The standard InChI is InChI=1S/C31H30N2O5/c1-18(34)32-23-6-5-7-24(17-23)33-27(19-8-11-22(12-9-19)31(2,3)4)26(29(36)30(33)37)28(35)21-10-13-25-20(16-21)14-15-38-25/h5-13,16-17,27,35H,14-15H2,1-4H3,(H,32,34)/b28-26-. The molecule has 38 heavy (non-hydrogen) atoms. The molecule has 7 heteroatoms. The van der Waals surface area contributed by atoms with Crippen molar-refractivity contribution < 1.29 is 24.2 Å². The first-order valence-electron chi connectivity index (χ1n) is 12.6. The number of hydrogen-bond acceptors (Lipinski definition) is 5. The van der Waals surface area contributed by atoms with E-state index in [2.05, 4.69) is 26.1 Å². The van der Waals surface area contributed by atoms with E-state index < -0.39 is 17.7 Å². The number of ketones is 1. The molecule has 3 aromatic carbocycles. The zero-order chi connectivity index (χ0) is 27.2. The topological polar surface area (TPSA) is 95.9 Å². The summed E-state index contributed by atoms with van der Waals surface area (Å²) in [5.41, 5.74) is 4.05. The van der Waals surface area contributed by atoms with E-state index in [1.807, 2.05) is 30.3 Å². The first kappa shape index (κ1) is 25.3. The summed E-state index contributed by atoms with van der Waals surface area (Å²) < 4.78 is 5.58. The molecule has 1 atom stereocenters. The van der Waals surface area contributed by atoms with Crippen molar-refractivity contribution in [3.05, 3.63) is 94.6 Å². The molecular formula is C31H30N2O5. The molecule has 3 aromatic rings. The number of benzene rings is 3. The van der Waals surface area contributed by atoms with Crippen LogP contribution in [0.15, 0.2) is 72.3 Å². The Kier molecular flexibility index (Phi) is 6.31. The molecule has 2 amide bonds. The number of hydrogen-bond donors (Lipinski definition) is 2. The molecule has 0 bridgehead atoms. The second-order valence-corrected chi connectivity index (χ2v) is 10.7. The summed E-state index contributed by atoms with van der Waals surface area (Å²) >= 11 is 0. The summed E-state index contributed by atoms with van der Waals surface area (Å²) in [5, 5.41) is 14.2. The zero-order valence-electron chi connectivity index (χ0n) is 21.9. The summed E-state index contributed by atoms with van der Waals surface area (Å²) in [6.07, 6.45) is 0.707. The van der Waals surface area contributed by atoms with E-state index in [1.54, 1.807) is 36.4 Å². The molecule has 2 N–H and O–H groups in total. The maximum absolute atomic E-state index is 13.5. The van der Waals surface area contributed by atoms with Crippen LogP contribution >= 0.6 is 0 Å². The second-order valence-electron chi connectivity index (χ2n) is 10.7. The van der Waals surface area contributed by atoms with Crippen LogP contribution in [0.4, 0.5) is 11.4 Å². The molecule has 2 aliphatic heterocycles. The predicted octanol–water partition coefficient (Wildman–Crippen LogP) is 5.50.